The molecule has 0 aliphatic carbocycles. The normalized spacial score (nSPS) is 11.8. The van der Waals surface area contributed by atoms with Gasteiger partial charge in [-0.2, -0.15) is 13.2 Å². The molecule has 0 atom stereocenters. The lowest BCUT2D eigenvalue weighted by atomic mass is 10.2. The van der Waals surface area contributed by atoms with Crippen LogP contribution in [-0.2, 0) is 7.05 Å². The molecule has 0 bridgehead atoms. The summed E-state index contributed by atoms with van der Waals surface area (Å²) in [5.74, 6) is 1.09. The van der Waals surface area contributed by atoms with Crippen molar-refractivity contribution < 1.29 is 17.9 Å². The highest BCUT2D eigenvalue weighted by Gasteiger charge is 2.28. The van der Waals surface area contributed by atoms with Crippen LogP contribution < -0.4 is 15.0 Å². The van der Waals surface area contributed by atoms with Gasteiger partial charge in [0.25, 0.3) is 0 Å². The van der Waals surface area contributed by atoms with Crippen LogP contribution in [0.4, 0.5) is 30.5 Å². The summed E-state index contributed by atoms with van der Waals surface area (Å²) in [6, 6.07) is 7.13. The van der Waals surface area contributed by atoms with Crippen LogP contribution in [0.25, 0.3) is 11.0 Å². The molecule has 31 heavy (non-hydrogen) atoms. The van der Waals surface area contributed by atoms with Gasteiger partial charge < -0.3 is 19.5 Å². The first-order valence-electron chi connectivity index (χ1n) is 9.63. The third kappa shape index (κ3) is 5.03. The third-order valence-electron chi connectivity index (χ3n) is 5.06. The van der Waals surface area contributed by atoms with Crippen molar-refractivity contribution >= 4 is 55.9 Å². The van der Waals surface area contributed by atoms with E-state index in [1.165, 1.54) is 0 Å². The fourth-order valence-electron chi connectivity index (χ4n) is 3.49. The first-order valence-corrected chi connectivity index (χ1v) is 10.8. The Kier molecular flexibility index (Phi) is 6.95. The molecular formula is C21H23BrClF3N4O. The summed E-state index contributed by atoms with van der Waals surface area (Å²) in [6.07, 6.45) is -5.10. The number of hydrogen-bond acceptors (Lipinski definition) is 4. The Balaban J connectivity index is 2.08. The molecule has 0 radical (unpaired) electrons. The molecule has 0 aliphatic rings. The highest BCUT2D eigenvalue weighted by Crippen LogP contribution is 2.38. The second-order valence-corrected chi connectivity index (χ2v) is 8.42. The fraction of sp³-hybridized carbons (Fsp3) is 0.381. The Morgan fingerprint density at radius 3 is 2.61 bits per heavy atom. The predicted molar refractivity (Wildman–Crippen MR) is 123 cm³/mol. The molecule has 5 nitrogen and oxygen atoms in total. The fourth-order valence-corrected chi connectivity index (χ4v) is 4.16. The standard InChI is InChI=1S/C21H23BrClF3N4O/c1-5-30(9-8-21(24,25)26)15-7-6-14(22)18-19(15)29(3)20(28-18)27-17-12(2)10-13(23)11-16(17)31-4/h6-7,10-11H,5,8-9H2,1-4H3,(H,27,28). The number of aryl methyl sites for hydroxylation is 2. The van der Waals surface area contributed by atoms with E-state index in [4.69, 9.17) is 21.3 Å². The van der Waals surface area contributed by atoms with Gasteiger partial charge in [0.1, 0.15) is 11.3 Å². The number of ether oxygens (including phenoxy) is 1. The van der Waals surface area contributed by atoms with Gasteiger partial charge >= 0.3 is 6.18 Å². The lowest BCUT2D eigenvalue weighted by Gasteiger charge is -2.25. The van der Waals surface area contributed by atoms with Crippen LogP contribution in [-0.4, -0.2) is 35.9 Å². The van der Waals surface area contributed by atoms with Gasteiger partial charge in [0.15, 0.2) is 0 Å². The summed E-state index contributed by atoms with van der Waals surface area (Å²) in [4.78, 5) is 6.41. The monoisotopic (exact) mass is 518 g/mol. The number of benzene rings is 2. The predicted octanol–water partition coefficient (Wildman–Crippen LogP) is 6.83. The van der Waals surface area contributed by atoms with Gasteiger partial charge in [-0.05, 0) is 53.5 Å². The molecule has 0 spiro atoms. The van der Waals surface area contributed by atoms with Crippen molar-refractivity contribution in [2.45, 2.75) is 26.4 Å². The lowest BCUT2D eigenvalue weighted by Crippen LogP contribution is -2.28. The second-order valence-electron chi connectivity index (χ2n) is 7.13. The molecule has 0 amide bonds. The zero-order chi connectivity index (χ0) is 22.9. The van der Waals surface area contributed by atoms with Gasteiger partial charge in [0.2, 0.25) is 5.95 Å². The Morgan fingerprint density at radius 1 is 1.29 bits per heavy atom. The zero-order valence-electron chi connectivity index (χ0n) is 17.6. The number of hydrogen-bond donors (Lipinski definition) is 1. The van der Waals surface area contributed by atoms with Gasteiger partial charge in [0.05, 0.1) is 30.4 Å². The molecule has 3 aromatic rings. The van der Waals surface area contributed by atoms with E-state index in [1.54, 1.807) is 24.1 Å². The minimum atomic E-state index is -4.22. The van der Waals surface area contributed by atoms with Crippen molar-refractivity contribution in [2.24, 2.45) is 7.05 Å². The van der Waals surface area contributed by atoms with Crippen molar-refractivity contribution in [3.63, 3.8) is 0 Å². The second kappa shape index (κ2) is 9.16. The highest BCUT2D eigenvalue weighted by molar-refractivity contribution is 9.10. The maximum Gasteiger partial charge on any atom is 0.390 e. The maximum absolute atomic E-state index is 12.8. The van der Waals surface area contributed by atoms with Crippen molar-refractivity contribution in [3.05, 3.63) is 39.3 Å². The average molecular weight is 520 g/mol. The van der Waals surface area contributed by atoms with Crippen molar-refractivity contribution in [1.82, 2.24) is 9.55 Å². The summed E-state index contributed by atoms with van der Waals surface area (Å²) in [6.45, 7) is 4.04. The number of imidazole rings is 1. The topological polar surface area (TPSA) is 42.3 Å². The molecule has 0 unspecified atom stereocenters. The van der Waals surface area contributed by atoms with Crippen LogP contribution in [0.5, 0.6) is 5.75 Å². The number of fused-ring (bicyclic) bond motifs is 1. The van der Waals surface area contributed by atoms with E-state index in [-0.39, 0.29) is 6.54 Å². The first kappa shape index (κ1) is 23.5. The van der Waals surface area contributed by atoms with Gasteiger partial charge in [-0.15, -0.1) is 0 Å². The van der Waals surface area contributed by atoms with E-state index in [1.807, 2.05) is 37.6 Å². The Bertz CT molecular complexity index is 1100. The molecule has 168 valence electrons. The minimum absolute atomic E-state index is 0.130. The molecule has 1 heterocycles. The van der Waals surface area contributed by atoms with Crippen LogP contribution in [0, 0.1) is 6.92 Å². The summed E-state index contributed by atoms with van der Waals surface area (Å²) >= 11 is 9.65. The van der Waals surface area contributed by atoms with Crippen LogP contribution in [0.3, 0.4) is 0 Å². The minimum Gasteiger partial charge on any atom is -0.495 e. The summed E-state index contributed by atoms with van der Waals surface area (Å²) < 4.78 is 46.5. The number of methoxy groups -OCH3 is 1. The molecule has 10 heteroatoms. The number of nitrogens with one attached hydrogen (secondary N) is 1. The molecule has 0 saturated heterocycles. The van der Waals surface area contributed by atoms with E-state index >= 15 is 0 Å². The number of halogens is 5. The molecule has 2 aromatic carbocycles. The quantitative estimate of drug-likeness (QED) is 0.372. The molecule has 1 N–H and O–H groups in total. The van der Waals surface area contributed by atoms with Gasteiger partial charge in [0, 0.05) is 35.7 Å². The maximum atomic E-state index is 12.8. The Hall–Kier alpha value is -2.13. The summed E-state index contributed by atoms with van der Waals surface area (Å²) in [5.41, 5.74) is 3.65. The Morgan fingerprint density at radius 2 is 2.00 bits per heavy atom. The van der Waals surface area contributed by atoms with Crippen molar-refractivity contribution in [2.75, 3.05) is 30.4 Å². The van der Waals surface area contributed by atoms with Crippen molar-refractivity contribution in [3.8, 4) is 5.75 Å². The van der Waals surface area contributed by atoms with Crippen LogP contribution in [0.15, 0.2) is 28.7 Å². The highest BCUT2D eigenvalue weighted by atomic mass is 79.9. The lowest BCUT2D eigenvalue weighted by molar-refractivity contribution is -0.132. The summed E-state index contributed by atoms with van der Waals surface area (Å²) in [7, 11) is 3.38. The molecule has 0 saturated carbocycles. The number of aromatic nitrogens is 2. The first-order chi connectivity index (χ1) is 14.6. The average Bonchev–Trinajstić information content (AvgIpc) is 3.02. The number of alkyl halides is 3. The molecule has 1 aromatic heterocycles. The van der Waals surface area contributed by atoms with E-state index in [0.29, 0.717) is 40.2 Å². The third-order valence-corrected chi connectivity index (χ3v) is 5.92. The van der Waals surface area contributed by atoms with Crippen molar-refractivity contribution in [1.29, 1.82) is 0 Å². The number of rotatable bonds is 7. The number of nitrogens with zero attached hydrogens (tertiary/aromatic N) is 3. The van der Waals surface area contributed by atoms with Crippen LogP contribution in [0.1, 0.15) is 18.9 Å². The SMILES string of the molecule is CCN(CCC(F)(F)F)c1ccc(Br)c2nc(Nc3c(C)cc(Cl)cc3OC)n(C)c12. The molecule has 0 fully saturated rings. The van der Waals surface area contributed by atoms with E-state index in [9.17, 15) is 13.2 Å². The molecule has 0 aliphatic heterocycles. The van der Waals surface area contributed by atoms with Gasteiger partial charge in [-0.1, -0.05) is 11.6 Å². The van der Waals surface area contributed by atoms with Crippen LogP contribution in [0.2, 0.25) is 5.02 Å². The van der Waals surface area contributed by atoms with Crippen LogP contribution >= 0.6 is 27.5 Å². The van der Waals surface area contributed by atoms with Gasteiger partial charge in [-0.25, -0.2) is 4.98 Å². The molecular weight excluding hydrogens is 497 g/mol. The summed E-state index contributed by atoms with van der Waals surface area (Å²) in [5, 5.41) is 3.85. The molecule has 3 rings (SSSR count). The Labute approximate surface area is 192 Å². The number of anilines is 3. The van der Waals surface area contributed by atoms with Gasteiger partial charge in [-0.3, -0.25) is 0 Å². The van der Waals surface area contributed by atoms with E-state index < -0.39 is 12.6 Å². The zero-order valence-corrected chi connectivity index (χ0v) is 19.9. The van der Waals surface area contributed by atoms with E-state index in [0.717, 1.165) is 15.6 Å². The smallest absolute Gasteiger partial charge is 0.390 e. The van der Waals surface area contributed by atoms with E-state index in [2.05, 4.69) is 21.2 Å². The largest absolute Gasteiger partial charge is 0.495 e.